The van der Waals surface area contributed by atoms with Crippen LogP contribution in [0.1, 0.15) is 22.3 Å². The minimum Gasteiger partial charge on any atom is -0.488 e. The van der Waals surface area contributed by atoms with Crippen molar-refractivity contribution in [3.8, 4) is 22.6 Å². The summed E-state index contributed by atoms with van der Waals surface area (Å²) in [5.41, 5.74) is 6.71. The van der Waals surface area contributed by atoms with Crippen molar-refractivity contribution in [3.05, 3.63) is 144 Å². The summed E-state index contributed by atoms with van der Waals surface area (Å²) < 4.78 is 13.3. The molecule has 1 aliphatic heterocycles. The largest absolute Gasteiger partial charge is 0.488 e. The molecule has 1 heterocycles. The van der Waals surface area contributed by atoms with Crippen molar-refractivity contribution in [1.29, 1.82) is 0 Å². The summed E-state index contributed by atoms with van der Waals surface area (Å²) in [6.07, 6.45) is 4.35. The molecule has 6 aromatic carbocycles. The van der Waals surface area contributed by atoms with Gasteiger partial charge in [0, 0.05) is 11.1 Å². The van der Waals surface area contributed by atoms with Gasteiger partial charge in [-0.2, -0.15) is 0 Å². The molecule has 6 aromatic rings. The van der Waals surface area contributed by atoms with Gasteiger partial charge < -0.3 is 9.47 Å². The first-order chi connectivity index (χ1) is 18.8. The molecule has 0 spiro atoms. The average molecular weight is 491 g/mol. The molecule has 0 saturated heterocycles. The number of hydrogen-bond acceptors (Lipinski definition) is 2. The highest BCUT2D eigenvalue weighted by molar-refractivity contribution is 6.09. The van der Waals surface area contributed by atoms with Crippen molar-refractivity contribution in [2.24, 2.45) is 0 Å². The number of ether oxygens (including phenoxy) is 2. The lowest BCUT2D eigenvalue weighted by molar-refractivity contribution is 0.303. The van der Waals surface area contributed by atoms with E-state index in [0.717, 1.165) is 55.7 Å². The smallest absolute Gasteiger partial charge is 0.128 e. The van der Waals surface area contributed by atoms with Gasteiger partial charge in [-0.1, -0.05) is 121 Å². The van der Waals surface area contributed by atoms with Crippen LogP contribution < -0.4 is 9.47 Å². The third-order valence-corrected chi connectivity index (χ3v) is 7.35. The Balaban J connectivity index is 1.53. The monoisotopic (exact) mass is 490 g/mol. The summed E-state index contributed by atoms with van der Waals surface area (Å²) >= 11 is 0. The van der Waals surface area contributed by atoms with Crippen molar-refractivity contribution in [2.45, 2.75) is 13.2 Å². The highest BCUT2D eigenvalue weighted by Gasteiger charge is 2.20. The van der Waals surface area contributed by atoms with Gasteiger partial charge in [0.1, 0.15) is 24.7 Å². The Morgan fingerprint density at radius 1 is 0.395 bits per heavy atom. The van der Waals surface area contributed by atoms with Gasteiger partial charge in [-0.15, -0.1) is 0 Å². The molecule has 2 nitrogen and oxygen atoms in total. The lowest BCUT2D eigenvalue weighted by Gasteiger charge is -2.21. The van der Waals surface area contributed by atoms with E-state index in [2.05, 4.69) is 133 Å². The summed E-state index contributed by atoms with van der Waals surface area (Å²) in [6.45, 7) is 0.933. The minimum absolute atomic E-state index is 0.467. The van der Waals surface area contributed by atoms with Gasteiger partial charge >= 0.3 is 0 Å². The summed E-state index contributed by atoms with van der Waals surface area (Å²) in [6, 6.07) is 42.4. The van der Waals surface area contributed by atoms with Gasteiger partial charge in [-0.25, -0.2) is 0 Å². The molecular weight excluding hydrogens is 464 g/mol. The maximum Gasteiger partial charge on any atom is 0.128 e. The van der Waals surface area contributed by atoms with Crippen LogP contribution in [-0.4, -0.2) is 0 Å². The van der Waals surface area contributed by atoms with Crippen LogP contribution in [0.2, 0.25) is 0 Å². The normalized spacial score (nSPS) is 13.7. The van der Waals surface area contributed by atoms with E-state index in [-0.39, 0.29) is 0 Å². The van der Waals surface area contributed by atoms with Crippen LogP contribution in [0.25, 0.3) is 44.8 Å². The number of fused-ring (bicyclic) bond motifs is 9. The maximum absolute atomic E-state index is 6.65. The molecule has 0 radical (unpaired) electrons. The van der Waals surface area contributed by atoms with Crippen molar-refractivity contribution < 1.29 is 9.47 Å². The molecule has 0 saturated carbocycles. The first-order valence-electron chi connectivity index (χ1n) is 13.0. The SMILES string of the molecule is C1=C\c2ccccc2COc2ccc3ccccc3c2-c2c(ccc3ccccc23)OCc2ccccc2/1. The quantitative estimate of drug-likeness (QED) is 0.211. The second kappa shape index (κ2) is 9.57. The lowest BCUT2D eigenvalue weighted by atomic mass is 9.92. The van der Waals surface area contributed by atoms with Gasteiger partial charge in [0.05, 0.1) is 0 Å². The van der Waals surface area contributed by atoms with Crippen LogP contribution in [-0.2, 0) is 13.2 Å². The minimum atomic E-state index is 0.467. The van der Waals surface area contributed by atoms with E-state index in [0.29, 0.717) is 13.2 Å². The molecule has 0 aliphatic carbocycles. The van der Waals surface area contributed by atoms with Crippen LogP contribution in [0.5, 0.6) is 11.5 Å². The first kappa shape index (κ1) is 22.4. The number of rotatable bonds is 0. The molecule has 0 aromatic heterocycles. The van der Waals surface area contributed by atoms with Gasteiger partial charge in [0.2, 0.25) is 0 Å². The molecule has 7 rings (SSSR count). The van der Waals surface area contributed by atoms with Crippen LogP contribution in [0.4, 0.5) is 0 Å². The van der Waals surface area contributed by atoms with Crippen LogP contribution in [0, 0.1) is 0 Å². The van der Waals surface area contributed by atoms with Crippen LogP contribution in [0.3, 0.4) is 0 Å². The Morgan fingerprint density at radius 3 is 1.32 bits per heavy atom. The molecular formula is C36H26O2. The van der Waals surface area contributed by atoms with Crippen molar-refractivity contribution in [3.63, 3.8) is 0 Å². The molecule has 38 heavy (non-hydrogen) atoms. The average Bonchev–Trinajstić information content (AvgIpc) is 2.98. The van der Waals surface area contributed by atoms with Crippen molar-refractivity contribution in [1.82, 2.24) is 0 Å². The Hall–Kier alpha value is -4.82. The Bertz CT molecular complexity index is 1690. The van der Waals surface area contributed by atoms with E-state index in [1.54, 1.807) is 0 Å². The van der Waals surface area contributed by atoms with E-state index in [1.807, 2.05) is 0 Å². The van der Waals surface area contributed by atoms with Crippen LogP contribution >= 0.6 is 0 Å². The molecule has 0 N–H and O–H groups in total. The summed E-state index contributed by atoms with van der Waals surface area (Å²) in [5, 5.41) is 4.63. The predicted molar refractivity (Wildman–Crippen MR) is 157 cm³/mol. The van der Waals surface area contributed by atoms with Gasteiger partial charge in [-0.05, 0) is 55.9 Å². The Labute approximate surface area is 222 Å². The Kier molecular flexibility index (Phi) is 5.64. The van der Waals surface area contributed by atoms with Gasteiger partial charge in [0.15, 0.2) is 0 Å². The predicted octanol–water partition coefficient (Wildman–Crippen LogP) is 9.30. The zero-order valence-electron chi connectivity index (χ0n) is 20.9. The molecule has 0 bridgehead atoms. The molecule has 0 fully saturated rings. The molecule has 182 valence electrons. The van der Waals surface area contributed by atoms with E-state index in [4.69, 9.17) is 9.47 Å². The summed E-state index contributed by atoms with van der Waals surface area (Å²) in [7, 11) is 0. The molecule has 0 amide bonds. The number of hydrogen-bond donors (Lipinski definition) is 0. The second-order valence-electron chi connectivity index (χ2n) is 9.63. The molecule has 0 unspecified atom stereocenters. The third-order valence-electron chi connectivity index (χ3n) is 7.35. The Morgan fingerprint density at radius 2 is 0.816 bits per heavy atom. The van der Waals surface area contributed by atoms with Crippen molar-refractivity contribution >= 4 is 33.7 Å². The van der Waals surface area contributed by atoms with Gasteiger partial charge in [0.25, 0.3) is 0 Å². The van der Waals surface area contributed by atoms with E-state index < -0.39 is 0 Å². The molecule has 0 atom stereocenters. The standard InChI is InChI=1S/C36H26O2/c1-3-13-29-23-37-33-21-19-27-11-5-7-15-31(27)35(33)36-32-16-8-6-12-28(32)20-22-34(36)38-24-30-14-4-2-10-26(30)18-17-25(29)9-1/h1-22H,23-24H2/b18-17-. The fourth-order valence-electron chi connectivity index (χ4n) is 5.41. The van der Waals surface area contributed by atoms with E-state index in [1.165, 1.54) is 10.8 Å². The summed E-state index contributed by atoms with van der Waals surface area (Å²) in [4.78, 5) is 0. The fourth-order valence-corrected chi connectivity index (χ4v) is 5.41. The zero-order valence-corrected chi connectivity index (χ0v) is 20.9. The second-order valence-corrected chi connectivity index (χ2v) is 9.63. The van der Waals surface area contributed by atoms with E-state index >= 15 is 0 Å². The fraction of sp³-hybridized carbons (Fsp3) is 0.0556. The lowest BCUT2D eigenvalue weighted by Crippen LogP contribution is -2.03. The summed E-state index contributed by atoms with van der Waals surface area (Å²) in [5.74, 6) is 1.70. The van der Waals surface area contributed by atoms with Crippen LogP contribution in [0.15, 0.2) is 121 Å². The maximum atomic E-state index is 6.65. The zero-order chi connectivity index (χ0) is 25.3. The highest BCUT2D eigenvalue weighted by atomic mass is 16.5. The molecule has 2 heteroatoms. The molecule has 1 aliphatic rings. The first-order valence-corrected chi connectivity index (χ1v) is 13.0. The third kappa shape index (κ3) is 4.01. The highest BCUT2D eigenvalue weighted by Crippen LogP contribution is 2.46. The van der Waals surface area contributed by atoms with Gasteiger partial charge in [-0.3, -0.25) is 0 Å². The van der Waals surface area contributed by atoms with E-state index in [9.17, 15) is 0 Å². The number of benzene rings is 6. The topological polar surface area (TPSA) is 18.5 Å². The van der Waals surface area contributed by atoms with Crippen molar-refractivity contribution in [2.75, 3.05) is 0 Å².